The van der Waals surface area contributed by atoms with Crippen molar-refractivity contribution < 1.29 is 38.4 Å². The molecule has 0 saturated carbocycles. The number of nitrogens with zero attached hydrogens (tertiary/aromatic N) is 1. The van der Waals surface area contributed by atoms with E-state index in [4.69, 9.17) is 23.7 Å². The zero-order valence-electron chi connectivity index (χ0n) is 18.7. The standard InChI is InChI=1S/C24H22N2O8/c1-30-13-6-4-5-12(7-13)26-10-16(24(28)29)19-20(26)14(9-18(27)25-19)15-8-17(31-2)22-23(21(15)32-3)34-11-33-22/h4-8,10,14H,9,11H2,1-3H3,(H,25,27)(H,28,29)/t14-/m1/s1. The highest BCUT2D eigenvalue weighted by Gasteiger charge is 2.38. The van der Waals surface area contributed by atoms with Gasteiger partial charge < -0.3 is 38.7 Å². The highest BCUT2D eigenvalue weighted by atomic mass is 16.7. The Morgan fingerprint density at radius 3 is 2.62 bits per heavy atom. The van der Waals surface area contributed by atoms with Gasteiger partial charge in [-0.1, -0.05) is 6.07 Å². The third-order valence-corrected chi connectivity index (χ3v) is 5.98. The molecule has 1 amide bonds. The van der Waals surface area contributed by atoms with E-state index < -0.39 is 11.9 Å². The van der Waals surface area contributed by atoms with E-state index in [1.807, 2.05) is 12.1 Å². The van der Waals surface area contributed by atoms with Gasteiger partial charge in [0, 0.05) is 35.9 Å². The lowest BCUT2D eigenvalue weighted by Gasteiger charge is -2.28. The number of fused-ring (bicyclic) bond motifs is 2. The number of hydrogen-bond donors (Lipinski definition) is 2. The van der Waals surface area contributed by atoms with Crippen LogP contribution in [0.5, 0.6) is 28.7 Å². The molecule has 3 heterocycles. The molecule has 10 heteroatoms. The van der Waals surface area contributed by atoms with Crippen LogP contribution < -0.4 is 29.0 Å². The van der Waals surface area contributed by atoms with Crippen molar-refractivity contribution in [2.75, 3.05) is 33.4 Å². The number of hydrogen-bond acceptors (Lipinski definition) is 7. The van der Waals surface area contributed by atoms with E-state index >= 15 is 0 Å². The van der Waals surface area contributed by atoms with Gasteiger partial charge in [-0.05, 0) is 18.2 Å². The zero-order chi connectivity index (χ0) is 24.0. The van der Waals surface area contributed by atoms with Crippen molar-refractivity contribution in [1.82, 2.24) is 4.57 Å². The first kappa shape index (κ1) is 21.5. The fourth-order valence-electron chi connectivity index (χ4n) is 4.52. The van der Waals surface area contributed by atoms with Crippen LogP contribution >= 0.6 is 0 Å². The summed E-state index contributed by atoms with van der Waals surface area (Å²) in [6.45, 7) is 0.00522. The van der Waals surface area contributed by atoms with Gasteiger partial charge >= 0.3 is 5.97 Å². The molecule has 0 unspecified atom stereocenters. The molecule has 0 aliphatic carbocycles. The molecular weight excluding hydrogens is 444 g/mol. The van der Waals surface area contributed by atoms with Crippen molar-refractivity contribution in [3.63, 3.8) is 0 Å². The number of benzene rings is 2. The maximum absolute atomic E-state index is 12.8. The summed E-state index contributed by atoms with van der Waals surface area (Å²) < 4.78 is 29.5. The summed E-state index contributed by atoms with van der Waals surface area (Å²) >= 11 is 0. The molecule has 0 radical (unpaired) electrons. The van der Waals surface area contributed by atoms with Gasteiger partial charge in [-0.25, -0.2) is 4.79 Å². The Labute approximate surface area is 194 Å². The lowest BCUT2D eigenvalue weighted by Crippen LogP contribution is -2.26. The second-order valence-electron chi connectivity index (χ2n) is 7.75. The summed E-state index contributed by atoms with van der Waals surface area (Å²) in [5.41, 5.74) is 2.08. The lowest BCUT2D eigenvalue weighted by atomic mass is 9.87. The second kappa shape index (κ2) is 8.22. The number of methoxy groups -OCH3 is 3. The van der Waals surface area contributed by atoms with Crippen LogP contribution in [0.25, 0.3) is 5.69 Å². The Kier molecular flexibility index (Phi) is 5.20. The monoisotopic (exact) mass is 466 g/mol. The van der Waals surface area contributed by atoms with Crippen LogP contribution in [-0.4, -0.2) is 49.7 Å². The lowest BCUT2D eigenvalue weighted by molar-refractivity contribution is -0.116. The molecule has 3 aromatic rings. The summed E-state index contributed by atoms with van der Waals surface area (Å²) in [6, 6.07) is 8.96. The molecule has 34 heavy (non-hydrogen) atoms. The Morgan fingerprint density at radius 1 is 1.12 bits per heavy atom. The molecule has 5 rings (SSSR count). The molecule has 2 aliphatic heterocycles. The summed E-state index contributed by atoms with van der Waals surface area (Å²) in [5, 5.41) is 12.6. The van der Waals surface area contributed by atoms with Crippen LogP contribution in [0.2, 0.25) is 0 Å². The number of aromatic carboxylic acids is 1. The fourth-order valence-corrected chi connectivity index (χ4v) is 4.52. The first-order chi connectivity index (χ1) is 16.5. The fraction of sp³-hybridized carbons (Fsp3) is 0.250. The highest BCUT2D eigenvalue weighted by Crippen LogP contribution is 2.54. The Bertz CT molecular complexity index is 1310. The van der Waals surface area contributed by atoms with Gasteiger partial charge in [0.15, 0.2) is 11.5 Å². The number of nitrogens with one attached hydrogen (secondary N) is 1. The molecule has 2 aliphatic rings. The molecule has 1 atom stereocenters. The molecule has 0 spiro atoms. The van der Waals surface area contributed by atoms with Crippen LogP contribution in [-0.2, 0) is 4.79 Å². The number of rotatable bonds is 6. The predicted molar refractivity (Wildman–Crippen MR) is 120 cm³/mol. The summed E-state index contributed by atoms with van der Waals surface area (Å²) in [5.74, 6) is 0.177. The van der Waals surface area contributed by atoms with Crippen molar-refractivity contribution in [3.05, 3.63) is 53.3 Å². The number of anilines is 1. The van der Waals surface area contributed by atoms with Crippen molar-refractivity contribution in [3.8, 4) is 34.4 Å². The van der Waals surface area contributed by atoms with E-state index in [9.17, 15) is 14.7 Å². The summed E-state index contributed by atoms with van der Waals surface area (Å²) in [6.07, 6.45) is 1.55. The number of ether oxygens (including phenoxy) is 5. The van der Waals surface area contributed by atoms with Crippen molar-refractivity contribution in [1.29, 1.82) is 0 Å². The molecule has 0 fully saturated rings. The molecule has 0 saturated heterocycles. The Balaban J connectivity index is 1.79. The van der Waals surface area contributed by atoms with Crippen LogP contribution in [0, 0.1) is 0 Å². The topological polar surface area (TPSA) is 117 Å². The quantitative estimate of drug-likeness (QED) is 0.568. The van der Waals surface area contributed by atoms with Gasteiger partial charge in [0.25, 0.3) is 0 Å². The molecule has 176 valence electrons. The van der Waals surface area contributed by atoms with Crippen molar-refractivity contribution >= 4 is 17.6 Å². The predicted octanol–water partition coefficient (Wildman–Crippen LogP) is 3.40. The normalized spacial score (nSPS) is 16.0. The Hall–Kier alpha value is -4.34. The van der Waals surface area contributed by atoms with Crippen LogP contribution in [0.15, 0.2) is 36.5 Å². The largest absolute Gasteiger partial charge is 0.497 e. The number of amides is 1. The average Bonchev–Trinajstić information content (AvgIpc) is 3.48. The Morgan fingerprint density at radius 2 is 1.91 bits per heavy atom. The SMILES string of the molecule is COc1cccc(-n2cc(C(=O)O)c3c2[C@@H](c2cc(OC)c4c(c2OC)OCO4)CC(=O)N3)c1. The smallest absolute Gasteiger partial charge is 0.339 e. The van der Waals surface area contributed by atoms with Crippen molar-refractivity contribution in [2.24, 2.45) is 0 Å². The maximum atomic E-state index is 12.8. The van der Waals surface area contributed by atoms with E-state index in [1.54, 1.807) is 29.9 Å². The molecular formula is C24H22N2O8. The second-order valence-corrected chi connectivity index (χ2v) is 7.75. The van der Waals surface area contributed by atoms with E-state index in [0.717, 1.165) is 0 Å². The highest BCUT2D eigenvalue weighted by molar-refractivity contribution is 6.04. The number of carboxylic acids is 1. The number of carbonyl (C=O) groups excluding carboxylic acids is 1. The number of carboxylic acid groups (broad SMARTS) is 1. The van der Waals surface area contributed by atoms with Crippen molar-refractivity contribution in [2.45, 2.75) is 12.3 Å². The van der Waals surface area contributed by atoms with Crippen LogP contribution in [0.3, 0.4) is 0 Å². The first-order valence-electron chi connectivity index (χ1n) is 10.4. The van der Waals surface area contributed by atoms with E-state index in [0.29, 0.717) is 45.7 Å². The average molecular weight is 466 g/mol. The van der Waals surface area contributed by atoms with Crippen LogP contribution in [0.4, 0.5) is 5.69 Å². The third kappa shape index (κ3) is 3.26. The van der Waals surface area contributed by atoms with Gasteiger partial charge in [-0.3, -0.25) is 4.79 Å². The number of aromatic nitrogens is 1. The minimum Gasteiger partial charge on any atom is -0.497 e. The van der Waals surface area contributed by atoms with Gasteiger partial charge in [0.05, 0.1) is 32.7 Å². The zero-order valence-corrected chi connectivity index (χ0v) is 18.7. The van der Waals surface area contributed by atoms with Gasteiger partial charge in [0.2, 0.25) is 24.2 Å². The molecule has 10 nitrogen and oxygen atoms in total. The molecule has 2 aromatic carbocycles. The van der Waals surface area contributed by atoms with Gasteiger partial charge in [-0.2, -0.15) is 0 Å². The maximum Gasteiger partial charge on any atom is 0.339 e. The minimum absolute atomic E-state index is 0.00522. The minimum atomic E-state index is -1.16. The number of carbonyl (C=O) groups is 2. The van der Waals surface area contributed by atoms with Crippen LogP contribution in [0.1, 0.15) is 34.0 Å². The third-order valence-electron chi connectivity index (χ3n) is 5.98. The van der Waals surface area contributed by atoms with Gasteiger partial charge in [-0.15, -0.1) is 0 Å². The van der Waals surface area contributed by atoms with E-state index in [-0.39, 0.29) is 30.4 Å². The van der Waals surface area contributed by atoms with E-state index in [2.05, 4.69) is 5.32 Å². The van der Waals surface area contributed by atoms with Gasteiger partial charge in [0.1, 0.15) is 11.3 Å². The molecule has 2 N–H and O–H groups in total. The molecule has 0 bridgehead atoms. The summed E-state index contributed by atoms with van der Waals surface area (Å²) in [7, 11) is 4.56. The van der Waals surface area contributed by atoms with E-state index in [1.165, 1.54) is 20.4 Å². The first-order valence-corrected chi connectivity index (χ1v) is 10.4. The summed E-state index contributed by atoms with van der Waals surface area (Å²) in [4.78, 5) is 24.9. The molecule has 1 aromatic heterocycles.